The van der Waals surface area contributed by atoms with Crippen LogP contribution >= 0.6 is 15.9 Å². The summed E-state index contributed by atoms with van der Waals surface area (Å²) in [5.74, 6) is -3.01. The Morgan fingerprint density at radius 3 is 2.23 bits per heavy atom. The average Bonchev–Trinajstić information content (AvgIpc) is 2.40. The third kappa shape index (κ3) is 4.91. The van der Waals surface area contributed by atoms with Crippen LogP contribution in [0.2, 0.25) is 0 Å². The van der Waals surface area contributed by atoms with E-state index in [1.807, 2.05) is 13.8 Å². The molecule has 1 aromatic rings. The Bertz CT molecular complexity index is 541. The van der Waals surface area contributed by atoms with E-state index in [4.69, 9.17) is 19.7 Å². The van der Waals surface area contributed by atoms with E-state index in [-0.39, 0.29) is 12.5 Å². The quantitative estimate of drug-likeness (QED) is 0.679. The Morgan fingerprint density at radius 1 is 1.18 bits per heavy atom. The van der Waals surface area contributed by atoms with Gasteiger partial charge in [0.15, 0.2) is 17.4 Å². The normalized spacial score (nSPS) is 10.8. The molecule has 0 saturated carbocycles. The second kappa shape index (κ2) is 8.03. The number of hydrogen-bond acceptors (Lipinski definition) is 4. The van der Waals surface area contributed by atoms with E-state index in [1.54, 1.807) is 12.1 Å². The van der Waals surface area contributed by atoms with Crippen LogP contribution in [0.1, 0.15) is 25.8 Å². The van der Waals surface area contributed by atoms with Gasteiger partial charge in [-0.25, -0.2) is 0 Å². The second-order valence-corrected chi connectivity index (χ2v) is 5.88. The Morgan fingerprint density at radius 2 is 1.77 bits per heavy atom. The Labute approximate surface area is 137 Å². The number of ether oxygens (including phenoxy) is 2. The summed E-state index contributed by atoms with van der Waals surface area (Å²) in [7, 11) is 1.53. The van der Waals surface area contributed by atoms with Gasteiger partial charge in [0.2, 0.25) is 0 Å². The van der Waals surface area contributed by atoms with Crippen molar-refractivity contribution in [1.82, 2.24) is 0 Å². The van der Waals surface area contributed by atoms with Crippen LogP contribution < -0.4 is 9.47 Å². The number of hydrogen-bond donors (Lipinski definition) is 2. The van der Waals surface area contributed by atoms with Crippen molar-refractivity contribution in [3.8, 4) is 11.5 Å². The number of aliphatic carboxylic acids is 2. The third-order valence-corrected chi connectivity index (χ3v) is 3.73. The van der Waals surface area contributed by atoms with E-state index in [0.29, 0.717) is 17.9 Å². The third-order valence-electron chi connectivity index (χ3n) is 2.99. The second-order valence-electron chi connectivity index (χ2n) is 5.03. The molecule has 0 radical (unpaired) electrons. The molecule has 0 aliphatic carbocycles. The van der Waals surface area contributed by atoms with Crippen LogP contribution in [0.15, 0.2) is 16.6 Å². The number of aryl methyl sites for hydroxylation is 1. The summed E-state index contributed by atoms with van der Waals surface area (Å²) in [4.78, 5) is 21.8. The monoisotopic (exact) mass is 374 g/mol. The lowest BCUT2D eigenvalue weighted by atomic mass is 9.99. The maximum absolute atomic E-state index is 10.9. The van der Waals surface area contributed by atoms with Crippen molar-refractivity contribution in [2.45, 2.75) is 32.8 Å². The van der Waals surface area contributed by atoms with Crippen molar-refractivity contribution >= 4 is 27.9 Å². The molecule has 0 bridgehead atoms. The van der Waals surface area contributed by atoms with E-state index in [1.165, 1.54) is 7.11 Å². The molecule has 0 aliphatic rings. The Kier molecular flexibility index (Phi) is 6.67. The highest BCUT2D eigenvalue weighted by Gasteiger charge is 2.25. The molecule has 0 atom stereocenters. The van der Waals surface area contributed by atoms with Crippen LogP contribution in [0.5, 0.6) is 11.5 Å². The summed E-state index contributed by atoms with van der Waals surface area (Å²) >= 11 is 3.38. The molecule has 1 rings (SSSR count). The zero-order valence-corrected chi connectivity index (χ0v) is 14.2. The van der Waals surface area contributed by atoms with Crippen molar-refractivity contribution in [3.05, 3.63) is 22.2 Å². The zero-order chi connectivity index (χ0) is 16.9. The van der Waals surface area contributed by atoms with Crippen LogP contribution in [0.25, 0.3) is 0 Å². The summed E-state index contributed by atoms with van der Waals surface area (Å²) < 4.78 is 11.6. The molecule has 0 fully saturated rings. The van der Waals surface area contributed by atoms with E-state index in [0.717, 1.165) is 10.0 Å². The molecule has 2 N–H and O–H groups in total. The van der Waals surface area contributed by atoms with E-state index < -0.39 is 17.9 Å². The van der Waals surface area contributed by atoms with Crippen molar-refractivity contribution in [3.63, 3.8) is 0 Å². The first-order chi connectivity index (χ1) is 10.3. The molecule has 0 amide bonds. The molecule has 0 saturated heterocycles. The predicted octanol–water partition coefficient (Wildman–Crippen LogP) is 2.96. The minimum atomic E-state index is -1.43. The fourth-order valence-electron chi connectivity index (χ4n) is 1.93. The molecular weight excluding hydrogens is 356 g/mol. The van der Waals surface area contributed by atoms with Crippen LogP contribution in [0.3, 0.4) is 0 Å². The van der Waals surface area contributed by atoms with Crippen LogP contribution in [-0.2, 0) is 16.0 Å². The van der Waals surface area contributed by atoms with Crippen molar-refractivity contribution in [2.24, 2.45) is 5.92 Å². The molecule has 0 aliphatic heterocycles. The van der Waals surface area contributed by atoms with Gasteiger partial charge in [-0.1, -0.05) is 15.9 Å². The number of halogens is 1. The molecule has 0 unspecified atom stereocenters. The lowest BCUT2D eigenvalue weighted by Gasteiger charge is -2.16. The number of rotatable bonds is 8. The van der Waals surface area contributed by atoms with E-state index in [2.05, 4.69) is 15.9 Å². The van der Waals surface area contributed by atoms with Gasteiger partial charge in [0.25, 0.3) is 0 Å². The van der Waals surface area contributed by atoms with Gasteiger partial charge in [-0.05, 0) is 44.4 Å². The molecule has 1 aromatic carbocycles. The first-order valence-corrected chi connectivity index (χ1v) is 7.54. The highest BCUT2D eigenvalue weighted by atomic mass is 79.9. The van der Waals surface area contributed by atoms with Crippen molar-refractivity contribution in [2.75, 3.05) is 7.11 Å². The maximum Gasteiger partial charge on any atom is 0.317 e. The van der Waals surface area contributed by atoms with Crippen LogP contribution in [0, 0.1) is 5.92 Å². The maximum atomic E-state index is 10.9. The molecule has 7 heteroatoms. The van der Waals surface area contributed by atoms with Gasteiger partial charge in [0.1, 0.15) is 0 Å². The largest absolute Gasteiger partial charge is 0.493 e. The lowest BCUT2D eigenvalue weighted by Crippen LogP contribution is -2.23. The molecule has 0 heterocycles. The average molecular weight is 375 g/mol. The van der Waals surface area contributed by atoms with Gasteiger partial charge in [-0.15, -0.1) is 0 Å². The molecule has 0 aromatic heterocycles. The molecule has 6 nitrogen and oxygen atoms in total. The van der Waals surface area contributed by atoms with Gasteiger partial charge in [-0.3, -0.25) is 9.59 Å². The summed E-state index contributed by atoms with van der Waals surface area (Å²) in [6.45, 7) is 3.76. The van der Waals surface area contributed by atoms with Gasteiger partial charge < -0.3 is 19.7 Å². The number of carbonyl (C=O) groups is 2. The lowest BCUT2D eigenvalue weighted by molar-refractivity contribution is -0.154. The number of carboxylic acid groups (broad SMARTS) is 2. The Hall–Kier alpha value is -1.76. The number of carboxylic acids is 2. The highest BCUT2D eigenvalue weighted by molar-refractivity contribution is 9.10. The summed E-state index contributed by atoms with van der Waals surface area (Å²) in [6, 6.07) is 3.47. The fraction of sp³-hybridized carbons (Fsp3) is 0.467. The number of methoxy groups -OCH3 is 1. The first-order valence-electron chi connectivity index (χ1n) is 6.75. The smallest absolute Gasteiger partial charge is 0.317 e. The van der Waals surface area contributed by atoms with Gasteiger partial charge in [0, 0.05) is 4.47 Å². The van der Waals surface area contributed by atoms with E-state index >= 15 is 0 Å². The van der Waals surface area contributed by atoms with Crippen LogP contribution in [-0.4, -0.2) is 35.4 Å². The topological polar surface area (TPSA) is 93.1 Å². The minimum Gasteiger partial charge on any atom is -0.493 e. The number of benzene rings is 1. The summed E-state index contributed by atoms with van der Waals surface area (Å²) in [5, 5.41) is 17.8. The standard InChI is InChI=1S/C15H19BrO6/c1-8(2)22-13-6-9(11(16)7-12(13)21-3)4-5-10(14(17)18)15(19)20/h6-8,10H,4-5H2,1-3H3,(H,17,18)(H,19,20). The van der Waals surface area contributed by atoms with Crippen molar-refractivity contribution in [1.29, 1.82) is 0 Å². The summed E-state index contributed by atoms with van der Waals surface area (Å²) in [6.07, 6.45) is 0.243. The zero-order valence-electron chi connectivity index (χ0n) is 12.6. The van der Waals surface area contributed by atoms with Crippen LogP contribution in [0.4, 0.5) is 0 Å². The Balaban J connectivity index is 2.99. The SMILES string of the molecule is COc1cc(Br)c(CCC(C(=O)O)C(=O)O)cc1OC(C)C. The predicted molar refractivity (Wildman–Crippen MR) is 83.5 cm³/mol. The molecule has 122 valence electrons. The summed E-state index contributed by atoms with van der Waals surface area (Å²) in [5.41, 5.74) is 0.768. The van der Waals surface area contributed by atoms with Gasteiger partial charge >= 0.3 is 11.9 Å². The van der Waals surface area contributed by atoms with Crippen molar-refractivity contribution < 1.29 is 29.3 Å². The first kappa shape index (κ1) is 18.3. The van der Waals surface area contributed by atoms with Gasteiger partial charge in [-0.2, -0.15) is 0 Å². The van der Waals surface area contributed by atoms with Gasteiger partial charge in [0.05, 0.1) is 13.2 Å². The minimum absolute atomic E-state index is 0.00326. The fourth-order valence-corrected chi connectivity index (χ4v) is 2.45. The molecule has 0 spiro atoms. The molecule has 22 heavy (non-hydrogen) atoms. The van der Waals surface area contributed by atoms with E-state index in [9.17, 15) is 9.59 Å². The molecular formula is C15H19BrO6. The highest BCUT2D eigenvalue weighted by Crippen LogP contribution is 2.35.